The minimum Gasteiger partial charge on any atom is -0.485 e. The number of thioether (sulfide) groups is 1. The van der Waals surface area contributed by atoms with Crippen LogP contribution in [0.25, 0.3) is 0 Å². The third-order valence-corrected chi connectivity index (χ3v) is 8.73. The van der Waals surface area contributed by atoms with Gasteiger partial charge in [-0.1, -0.05) is 34.8 Å². The van der Waals surface area contributed by atoms with Crippen molar-refractivity contribution in [3.8, 4) is 17.2 Å². The molecule has 1 aromatic heterocycles. The number of β-lactam (4-membered cyclic amide) rings is 1. The van der Waals surface area contributed by atoms with Crippen molar-refractivity contribution in [2.75, 3.05) is 18.1 Å². The average Bonchev–Trinajstić information content (AvgIpc) is 3.32. The van der Waals surface area contributed by atoms with Crippen LogP contribution in [0.2, 0.25) is 15.1 Å². The molecule has 0 saturated carbocycles. The number of carbonyl (C=O) groups excluding carboxylic acids is 2. The molecule has 10 nitrogen and oxygen atoms in total. The first-order valence-electron chi connectivity index (χ1n) is 11.5. The molecule has 1 saturated heterocycles. The number of carbonyl (C=O) groups is 3. The standard InChI is InChI=1S/C25H19Cl3N4O6S2/c26-12-1-3-16(15(28)5-12)38-17-4-2-13(27)6-18(17)37-8-11-9-39-23-20(22(34)32(23)21(11)24(35)36)31-19(33)7-14-10-40-25(29)30-14/h1-6,10,20,23H,7-9H2,(H2,29,30)(H,31,33)(H,35,36)/t20-,23-/m1/s1. The zero-order valence-corrected chi connectivity index (χ0v) is 24.1. The minimum atomic E-state index is -1.28. The van der Waals surface area contributed by atoms with Gasteiger partial charge in [0.2, 0.25) is 5.91 Å². The number of carboxylic acids is 1. The number of thiazole rings is 1. The number of nitrogens with two attached hydrogens (primary N) is 1. The van der Waals surface area contributed by atoms with Gasteiger partial charge in [0.25, 0.3) is 5.91 Å². The van der Waals surface area contributed by atoms with Gasteiger partial charge in [0.1, 0.15) is 29.5 Å². The van der Waals surface area contributed by atoms with E-state index in [0.29, 0.717) is 32.2 Å². The summed E-state index contributed by atoms with van der Waals surface area (Å²) in [6, 6.07) is 8.61. The molecule has 0 radical (unpaired) electrons. The zero-order chi connectivity index (χ0) is 28.6. The van der Waals surface area contributed by atoms with Crippen molar-refractivity contribution in [3.05, 3.63) is 73.8 Å². The molecule has 2 amide bonds. The summed E-state index contributed by atoms with van der Waals surface area (Å²) in [5.74, 6) is -1.10. The number of halogens is 3. The van der Waals surface area contributed by atoms with E-state index in [-0.39, 0.29) is 41.0 Å². The predicted octanol–water partition coefficient (Wildman–Crippen LogP) is 4.84. The maximum absolute atomic E-state index is 12.9. The van der Waals surface area contributed by atoms with Crippen molar-refractivity contribution in [1.82, 2.24) is 15.2 Å². The van der Waals surface area contributed by atoms with E-state index in [1.807, 2.05) is 0 Å². The first kappa shape index (κ1) is 28.4. The fraction of sp³-hybridized carbons (Fsp3) is 0.200. The van der Waals surface area contributed by atoms with Gasteiger partial charge >= 0.3 is 5.97 Å². The van der Waals surface area contributed by atoms with Gasteiger partial charge in [-0.25, -0.2) is 9.78 Å². The number of nitrogen functional groups attached to an aromatic ring is 1. The van der Waals surface area contributed by atoms with E-state index < -0.39 is 29.2 Å². The molecule has 15 heteroatoms. The Morgan fingerprint density at radius 3 is 2.52 bits per heavy atom. The third-order valence-electron chi connectivity index (χ3n) is 5.90. The van der Waals surface area contributed by atoms with Crippen LogP contribution >= 0.6 is 57.9 Å². The van der Waals surface area contributed by atoms with Crippen LogP contribution in [-0.4, -0.2) is 56.5 Å². The summed E-state index contributed by atoms with van der Waals surface area (Å²) < 4.78 is 11.8. The molecule has 208 valence electrons. The Hall–Kier alpha value is -3.16. The summed E-state index contributed by atoms with van der Waals surface area (Å²) in [6.45, 7) is -0.154. The number of aromatic nitrogens is 1. The van der Waals surface area contributed by atoms with Gasteiger partial charge in [0.15, 0.2) is 16.6 Å². The molecule has 1 fully saturated rings. The van der Waals surface area contributed by atoms with E-state index in [1.54, 1.807) is 29.6 Å². The number of aliphatic carboxylic acids is 1. The first-order chi connectivity index (χ1) is 19.1. The highest BCUT2D eigenvalue weighted by atomic mass is 35.5. The van der Waals surface area contributed by atoms with Gasteiger partial charge < -0.3 is 25.6 Å². The Balaban J connectivity index is 1.30. The lowest BCUT2D eigenvalue weighted by atomic mass is 10.0. The van der Waals surface area contributed by atoms with Crippen LogP contribution in [0.1, 0.15) is 5.69 Å². The van der Waals surface area contributed by atoms with Gasteiger partial charge in [-0.2, -0.15) is 0 Å². The summed E-state index contributed by atoms with van der Waals surface area (Å²) in [5, 5.41) is 15.2. The highest BCUT2D eigenvalue weighted by Crippen LogP contribution is 2.42. The molecule has 0 bridgehead atoms. The largest absolute Gasteiger partial charge is 0.485 e. The van der Waals surface area contributed by atoms with Crippen LogP contribution < -0.4 is 20.5 Å². The van der Waals surface area contributed by atoms with Crippen molar-refractivity contribution in [3.63, 3.8) is 0 Å². The monoisotopic (exact) mass is 640 g/mol. The number of amides is 2. The molecule has 2 aliphatic rings. The molecular formula is C25H19Cl3N4O6S2. The van der Waals surface area contributed by atoms with Gasteiger partial charge in [-0.15, -0.1) is 23.1 Å². The number of rotatable bonds is 9. The second-order valence-corrected chi connectivity index (χ2v) is 11.9. The summed E-state index contributed by atoms with van der Waals surface area (Å²) in [4.78, 5) is 42.8. The summed E-state index contributed by atoms with van der Waals surface area (Å²) in [6.07, 6.45) is -0.0408. The fourth-order valence-corrected chi connectivity index (χ4v) is 6.61. The first-order valence-corrected chi connectivity index (χ1v) is 14.6. The summed E-state index contributed by atoms with van der Waals surface area (Å²) in [7, 11) is 0. The van der Waals surface area contributed by atoms with E-state index in [0.717, 1.165) is 0 Å². The topological polar surface area (TPSA) is 144 Å². The van der Waals surface area contributed by atoms with E-state index >= 15 is 0 Å². The van der Waals surface area contributed by atoms with Crippen molar-refractivity contribution in [2.45, 2.75) is 17.8 Å². The molecule has 2 atom stereocenters. The summed E-state index contributed by atoms with van der Waals surface area (Å²) in [5.41, 5.74) is 6.28. The van der Waals surface area contributed by atoms with Gasteiger partial charge in [-0.3, -0.25) is 14.5 Å². The normalized spacial score (nSPS) is 18.2. The summed E-state index contributed by atoms with van der Waals surface area (Å²) >= 11 is 20.9. The SMILES string of the molecule is Nc1nc(CC(=O)N[C@@H]2C(=O)N3C(C(=O)O)=C(COc4cc(Cl)ccc4Oc4ccc(Cl)cc4Cl)CS[C@H]23)cs1. The number of nitrogens with zero attached hydrogens (tertiary/aromatic N) is 2. The molecular weight excluding hydrogens is 623 g/mol. The van der Waals surface area contributed by atoms with Gasteiger partial charge in [0.05, 0.1) is 17.1 Å². The van der Waals surface area contributed by atoms with Gasteiger partial charge in [-0.05, 0) is 30.3 Å². The Labute approximate surface area is 251 Å². The van der Waals surface area contributed by atoms with E-state index in [9.17, 15) is 19.5 Å². The predicted molar refractivity (Wildman–Crippen MR) is 153 cm³/mol. The number of ether oxygens (including phenoxy) is 2. The highest BCUT2D eigenvalue weighted by molar-refractivity contribution is 8.00. The highest BCUT2D eigenvalue weighted by Gasteiger charge is 2.54. The number of carboxylic acid groups (broad SMARTS) is 1. The molecule has 5 rings (SSSR count). The van der Waals surface area contributed by atoms with Crippen LogP contribution in [0.5, 0.6) is 17.2 Å². The Morgan fingerprint density at radius 2 is 1.85 bits per heavy atom. The molecule has 0 unspecified atom stereocenters. The Kier molecular flexibility index (Phi) is 8.34. The van der Waals surface area contributed by atoms with E-state index in [4.69, 9.17) is 50.0 Å². The lowest BCUT2D eigenvalue weighted by Gasteiger charge is -2.49. The Bertz CT molecular complexity index is 1550. The average molecular weight is 642 g/mol. The number of hydrogen-bond acceptors (Lipinski definition) is 9. The smallest absolute Gasteiger partial charge is 0.352 e. The van der Waals surface area contributed by atoms with Crippen LogP contribution in [-0.2, 0) is 20.8 Å². The maximum atomic E-state index is 12.9. The van der Waals surface area contributed by atoms with E-state index in [2.05, 4.69) is 10.3 Å². The van der Waals surface area contributed by atoms with Crippen LogP contribution in [0.3, 0.4) is 0 Å². The molecule has 2 aromatic carbocycles. The van der Waals surface area contributed by atoms with E-state index in [1.165, 1.54) is 40.1 Å². The number of benzene rings is 2. The third kappa shape index (κ3) is 5.96. The van der Waals surface area contributed by atoms with Crippen molar-refractivity contribution in [1.29, 1.82) is 0 Å². The molecule has 4 N–H and O–H groups in total. The van der Waals surface area contributed by atoms with Crippen molar-refractivity contribution < 1.29 is 29.0 Å². The zero-order valence-electron chi connectivity index (χ0n) is 20.2. The maximum Gasteiger partial charge on any atom is 0.352 e. The van der Waals surface area contributed by atoms with Crippen LogP contribution in [0.4, 0.5) is 5.13 Å². The molecule has 0 aliphatic carbocycles. The van der Waals surface area contributed by atoms with Crippen molar-refractivity contribution >= 4 is 80.8 Å². The second-order valence-electron chi connectivity index (χ2n) is 8.62. The minimum absolute atomic E-state index is 0.0408. The number of fused-ring (bicyclic) bond motifs is 1. The van der Waals surface area contributed by atoms with Crippen LogP contribution in [0, 0.1) is 0 Å². The van der Waals surface area contributed by atoms with Crippen molar-refractivity contribution in [2.24, 2.45) is 0 Å². The van der Waals surface area contributed by atoms with Crippen LogP contribution in [0.15, 0.2) is 53.0 Å². The van der Waals surface area contributed by atoms with Gasteiger partial charge in [0, 0.05) is 32.8 Å². The Morgan fingerprint density at radius 1 is 1.12 bits per heavy atom. The molecule has 3 aromatic rings. The molecule has 0 spiro atoms. The molecule has 3 heterocycles. The number of hydrogen-bond donors (Lipinski definition) is 3. The molecule has 40 heavy (non-hydrogen) atoms. The molecule has 2 aliphatic heterocycles. The lowest BCUT2D eigenvalue weighted by Crippen LogP contribution is -2.70. The fourth-order valence-electron chi connectivity index (χ4n) is 4.11. The quantitative estimate of drug-likeness (QED) is 0.280. The lowest BCUT2D eigenvalue weighted by molar-refractivity contribution is -0.150. The second kappa shape index (κ2) is 11.8. The number of anilines is 1. The number of nitrogens with one attached hydrogen (secondary N) is 1.